The van der Waals surface area contributed by atoms with Gasteiger partial charge in [-0.3, -0.25) is 0 Å². The highest BCUT2D eigenvalue weighted by Gasteiger charge is 2.08. The first-order valence-corrected chi connectivity index (χ1v) is 8.19. The Labute approximate surface area is 145 Å². The summed E-state index contributed by atoms with van der Waals surface area (Å²) in [6.45, 7) is 1.23. The molecular formula is C19H18ClN3O. The number of nitrogens with zero attached hydrogens (tertiary/aromatic N) is 1. The van der Waals surface area contributed by atoms with Crippen molar-refractivity contribution in [2.45, 2.75) is 12.5 Å². The first-order valence-electron chi connectivity index (χ1n) is 7.82. The largest absolute Gasteiger partial charge is 0.387 e. The fraction of sp³-hybridized carbons (Fsp3) is 0.211. The number of fused-ring (bicyclic) bond motifs is 1. The van der Waals surface area contributed by atoms with Crippen LogP contribution in [0, 0.1) is 11.3 Å². The van der Waals surface area contributed by atoms with Crippen molar-refractivity contribution in [3.63, 3.8) is 0 Å². The number of benzene rings is 2. The van der Waals surface area contributed by atoms with Gasteiger partial charge in [-0.1, -0.05) is 29.8 Å². The monoisotopic (exact) mass is 339 g/mol. The molecule has 0 aliphatic carbocycles. The molecule has 1 atom stereocenters. The average molecular weight is 340 g/mol. The third-order valence-electron chi connectivity index (χ3n) is 4.04. The SMILES string of the molecule is N#Cc1ccc2c(CCNCC(O)c3cccc(Cl)c3)c[nH]c2c1. The molecule has 0 spiro atoms. The Bertz CT molecular complexity index is 882. The fourth-order valence-electron chi connectivity index (χ4n) is 2.76. The third kappa shape index (κ3) is 3.77. The maximum Gasteiger partial charge on any atom is 0.0992 e. The van der Waals surface area contributed by atoms with Gasteiger partial charge in [0.05, 0.1) is 17.7 Å². The van der Waals surface area contributed by atoms with Crippen LogP contribution < -0.4 is 5.32 Å². The summed E-state index contributed by atoms with van der Waals surface area (Å²) in [5, 5.41) is 24.1. The van der Waals surface area contributed by atoms with Crippen molar-refractivity contribution >= 4 is 22.5 Å². The summed E-state index contributed by atoms with van der Waals surface area (Å²) < 4.78 is 0. The van der Waals surface area contributed by atoms with Crippen molar-refractivity contribution in [1.82, 2.24) is 10.3 Å². The molecule has 1 unspecified atom stereocenters. The van der Waals surface area contributed by atoms with Gasteiger partial charge in [0.25, 0.3) is 0 Å². The zero-order valence-electron chi connectivity index (χ0n) is 13.1. The topological polar surface area (TPSA) is 71.8 Å². The van der Waals surface area contributed by atoms with Crippen molar-refractivity contribution in [3.8, 4) is 6.07 Å². The molecule has 3 rings (SSSR count). The van der Waals surface area contributed by atoms with E-state index in [9.17, 15) is 5.11 Å². The zero-order valence-corrected chi connectivity index (χ0v) is 13.8. The van der Waals surface area contributed by atoms with E-state index in [2.05, 4.69) is 16.4 Å². The van der Waals surface area contributed by atoms with E-state index in [0.717, 1.165) is 29.4 Å². The number of hydrogen-bond acceptors (Lipinski definition) is 3. The highest BCUT2D eigenvalue weighted by molar-refractivity contribution is 6.30. The van der Waals surface area contributed by atoms with Crippen LogP contribution in [0.2, 0.25) is 5.02 Å². The number of aromatic amines is 1. The molecule has 0 aliphatic rings. The van der Waals surface area contributed by atoms with Crippen LogP contribution in [0.3, 0.4) is 0 Å². The van der Waals surface area contributed by atoms with Crippen LogP contribution in [0.4, 0.5) is 0 Å². The smallest absolute Gasteiger partial charge is 0.0992 e. The van der Waals surface area contributed by atoms with Gasteiger partial charge in [0, 0.05) is 28.7 Å². The van der Waals surface area contributed by atoms with Gasteiger partial charge >= 0.3 is 0 Å². The molecule has 0 saturated carbocycles. The molecule has 2 aromatic carbocycles. The van der Waals surface area contributed by atoms with Crippen molar-refractivity contribution in [3.05, 3.63) is 70.4 Å². The summed E-state index contributed by atoms with van der Waals surface area (Å²) in [6.07, 6.45) is 2.24. The summed E-state index contributed by atoms with van der Waals surface area (Å²) in [6, 6.07) is 15.1. The highest BCUT2D eigenvalue weighted by atomic mass is 35.5. The quantitative estimate of drug-likeness (QED) is 0.601. The van der Waals surface area contributed by atoms with Gasteiger partial charge in [-0.05, 0) is 48.4 Å². The van der Waals surface area contributed by atoms with Crippen LogP contribution in [0.25, 0.3) is 10.9 Å². The number of aliphatic hydroxyl groups excluding tert-OH is 1. The number of aromatic nitrogens is 1. The van der Waals surface area contributed by atoms with Gasteiger partial charge in [0.15, 0.2) is 0 Å². The Morgan fingerprint density at radius 1 is 1.25 bits per heavy atom. The van der Waals surface area contributed by atoms with E-state index in [0.29, 0.717) is 17.1 Å². The molecule has 1 aromatic heterocycles. The van der Waals surface area contributed by atoms with Gasteiger partial charge in [-0.2, -0.15) is 5.26 Å². The van der Waals surface area contributed by atoms with Crippen molar-refractivity contribution in [2.24, 2.45) is 0 Å². The summed E-state index contributed by atoms with van der Waals surface area (Å²) in [5.41, 5.74) is 3.63. The summed E-state index contributed by atoms with van der Waals surface area (Å²) in [4.78, 5) is 3.20. The molecule has 1 heterocycles. The molecular weight excluding hydrogens is 322 g/mol. The minimum atomic E-state index is -0.579. The lowest BCUT2D eigenvalue weighted by Gasteiger charge is -2.12. The molecule has 122 valence electrons. The van der Waals surface area contributed by atoms with Crippen molar-refractivity contribution in [1.29, 1.82) is 5.26 Å². The molecule has 0 saturated heterocycles. The van der Waals surface area contributed by atoms with Crippen molar-refractivity contribution < 1.29 is 5.11 Å². The molecule has 0 radical (unpaired) electrons. The number of nitriles is 1. The van der Waals surface area contributed by atoms with Crippen LogP contribution in [0.15, 0.2) is 48.7 Å². The summed E-state index contributed by atoms with van der Waals surface area (Å²) >= 11 is 5.94. The number of aliphatic hydroxyl groups is 1. The molecule has 0 amide bonds. The van der Waals surface area contributed by atoms with Crippen molar-refractivity contribution in [2.75, 3.05) is 13.1 Å². The van der Waals surface area contributed by atoms with E-state index in [1.165, 1.54) is 5.56 Å². The van der Waals surface area contributed by atoms with E-state index < -0.39 is 6.10 Å². The van der Waals surface area contributed by atoms with Crippen LogP contribution >= 0.6 is 11.6 Å². The minimum absolute atomic E-state index is 0.473. The van der Waals surface area contributed by atoms with Gasteiger partial charge < -0.3 is 15.4 Å². The minimum Gasteiger partial charge on any atom is -0.387 e. The molecule has 0 bridgehead atoms. The Kier molecular flexibility index (Phi) is 5.17. The van der Waals surface area contributed by atoms with Crippen LogP contribution in [-0.2, 0) is 6.42 Å². The molecule has 4 nitrogen and oxygen atoms in total. The normalized spacial score (nSPS) is 12.2. The van der Waals surface area contributed by atoms with E-state index in [1.807, 2.05) is 36.5 Å². The number of nitrogens with one attached hydrogen (secondary N) is 2. The first kappa shape index (κ1) is 16.5. The molecule has 3 N–H and O–H groups in total. The van der Waals surface area contributed by atoms with Gasteiger partial charge in [0.2, 0.25) is 0 Å². The second kappa shape index (κ2) is 7.50. The van der Waals surface area contributed by atoms with E-state index in [-0.39, 0.29) is 0 Å². The predicted molar refractivity (Wildman–Crippen MR) is 96.0 cm³/mol. The number of halogens is 1. The Morgan fingerprint density at radius 2 is 2.12 bits per heavy atom. The molecule has 0 aliphatic heterocycles. The predicted octanol–water partition coefficient (Wildman–Crippen LogP) is 3.56. The van der Waals surface area contributed by atoms with E-state index >= 15 is 0 Å². The summed E-state index contributed by atoms with van der Waals surface area (Å²) in [5.74, 6) is 0. The average Bonchev–Trinajstić information content (AvgIpc) is 3.00. The lowest BCUT2D eigenvalue weighted by molar-refractivity contribution is 0.175. The van der Waals surface area contributed by atoms with E-state index in [1.54, 1.807) is 12.1 Å². The van der Waals surface area contributed by atoms with E-state index in [4.69, 9.17) is 16.9 Å². The number of hydrogen-bond donors (Lipinski definition) is 3. The summed E-state index contributed by atoms with van der Waals surface area (Å²) in [7, 11) is 0. The second-order valence-electron chi connectivity index (χ2n) is 5.71. The molecule has 0 fully saturated rings. The molecule has 5 heteroatoms. The second-order valence-corrected chi connectivity index (χ2v) is 6.15. The maximum absolute atomic E-state index is 10.2. The third-order valence-corrected chi connectivity index (χ3v) is 4.27. The Balaban J connectivity index is 1.54. The lowest BCUT2D eigenvalue weighted by atomic mass is 10.1. The molecule has 24 heavy (non-hydrogen) atoms. The van der Waals surface area contributed by atoms with Crippen LogP contribution in [0.1, 0.15) is 22.8 Å². The Hall–Kier alpha value is -2.32. The number of H-pyrrole nitrogens is 1. The highest BCUT2D eigenvalue weighted by Crippen LogP contribution is 2.20. The van der Waals surface area contributed by atoms with Gasteiger partial charge in [0.1, 0.15) is 0 Å². The lowest BCUT2D eigenvalue weighted by Crippen LogP contribution is -2.23. The van der Waals surface area contributed by atoms with Crippen LogP contribution in [-0.4, -0.2) is 23.2 Å². The molecule has 3 aromatic rings. The first-order chi connectivity index (χ1) is 11.7. The number of rotatable bonds is 6. The Morgan fingerprint density at radius 3 is 2.92 bits per heavy atom. The van der Waals surface area contributed by atoms with Gasteiger partial charge in [-0.25, -0.2) is 0 Å². The zero-order chi connectivity index (χ0) is 16.9. The van der Waals surface area contributed by atoms with Crippen LogP contribution in [0.5, 0.6) is 0 Å². The standard InChI is InChI=1S/C19H18ClN3O/c20-16-3-1-2-14(9-16)19(24)12-22-7-6-15-11-23-18-8-13(10-21)4-5-17(15)18/h1-5,8-9,11,19,22-24H,6-7,12H2. The maximum atomic E-state index is 10.2. The fourth-order valence-corrected chi connectivity index (χ4v) is 2.95. The van der Waals surface area contributed by atoms with Gasteiger partial charge in [-0.15, -0.1) is 0 Å².